The quantitative estimate of drug-likeness (QED) is 0.451. The van der Waals surface area contributed by atoms with Crippen LogP contribution in [0.5, 0.6) is 0 Å². The topological polar surface area (TPSA) is 50.1 Å². The van der Waals surface area contributed by atoms with E-state index in [-0.39, 0.29) is 6.61 Å². The van der Waals surface area contributed by atoms with Crippen LogP contribution in [-0.2, 0) is 4.74 Å². The van der Waals surface area contributed by atoms with E-state index in [1.54, 1.807) is 0 Å². The summed E-state index contributed by atoms with van der Waals surface area (Å²) in [7, 11) is 0. The van der Waals surface area contributed by atoms with Crippen molar-refractivity contribution in [1.82, 2.24) is 0 Å². The summed E-state index contributed by atoms with van der Waals surface area (Å²) in [6, 6.07) is 1.91. The molecule has 0 amide bonds. The van der Waals surface area contributed by atoms with E-state index >= 15 is 0 Å². The van der Waals surface area contributed by atoms with Gasteiger partial charge in [0.1, 0.15) is 0 Å². The Morgan fingerprint density at radius 3 is 2.89 bits per heavy atom. The van der Waals surface area contributed by atoms with Crippen molar-refractivity contribution in [1.29, 1.82) is 5.26 Å². The van der Waals surface area contributed by atoms with Crippen molar-refractivity contribution in [3.63, 3.8) is 0 Å². The van der Waals surface area contributed by atoms with Gasteiger partial charge in [0.15, 0.2) is 0 Å². The summed E-state index contributed by atoms with van der Waals surface area (Å²) in [5, 5.41) is 8.01. The van der Waals surface area contributed by atoms with Gasteiger partial charge < -0.3 is 4.74 Å². The van der Waals surface area contributed by atoms with Gasteiger partial charge in [-0.2, -0.15) is 5.26 Å². The van der Waals surface area contributed by atoms with Crippen LogP contribution in [0.4, 0.5) is 4.79 Å². The van der Waals surface area contributed by atoms with Crippen molar-refractivity contribution < 1.29 is 9.53 Å². The number of halogens is 1. The highest BCUT2D eigenvalue weighted by atomic mass is 35.5. The first kappa shape index (κ1) is 8.25. The fourth-order valence-corrected chi connectivity index (χ4v) is 0.381. The smallest absolute Gasteiger partial charge is 0.403 e. The largest absolute Gasteiger partial charge is 0.454 e. The van der Waals surface area contributed by atoms with E-state index in [9.17, 15) is 4.79 Å². The molecule has 0 aliphatic rings. The summed E-state index contributed by atoms with van der Waals surface area (Å²) in [4.78, 5) is 9.87. The van der Waals surface area contributed by atoms with Crippen LogP contribution in [0.3, 0.4) is 0 Å². The molecule has 0 aliphatic carbocycles. The van der Waals surface area contributed by atoms with Gasteiger partial charge in [-0.3, -0.25) is 0 Å². The first-order valence-electron chi connectivity index (χ1n) is 2.46. The molecule has 0 bridgehead atoms. The summed E-state index contributed by atoms with van der Waals surface area (Å²) in [6.07, 6.45) is 0.944. The van der Waals surface area contributed by atoms with Gasteiger partial charge in [0, 0.05) is 18.0 Å². The van der Waals surface area contributed by atoms with E-state index in [0.717, 1.165) is 0 Å². The number of carbonyl (C=O) groups is 1. The van der Waals surface area contributed by atoms with Crippen molar-refractivity contribution in [2.75, 3.05) is 6.61 Å². The van der Waals surface area contributed by atoms with Gasteiger partial charge in [0.25, 0.3) is 0 Å². The van der Waals surface area contributed by atoms with Crippen molar-refractivity contribution in [2.45, 2.75) is 12.8 Å². The molecule has 50 valence electrons. The lowest BCUT2D eigenvalue weighted by atomic mass is 10.4. The fourth-order valence-electron chi connectivity index (χ4n) is 0.304. The molecule has 9 heavy (non-hydrogen) atoms. The summed E-state index contributed by atoms with van der Waals surface area (Å²) >= 11 is 4.81. The first-order chi connectivity index (χ1) is 4.27. The van der Waals surface area contributed by atoms with Crippen LogP contribution in [0.25, 0.3) is 0 Å². The standard InChI is InChI=1S/C5H6ClNO2/c6-5(8)9-4-2-1-3-7/h1-2,4H2. The molecular weight excluding hydrogens is 142 g/mol. The maximum absolute atomic E-state index is 9.87. The Morgan fingerprint density at radius 1 is 1.78 bits per heavy atom. The zero-order chi connectivity index (χ0) is 7.11. The Bertz CT molecular complexity index is 129. The molecule has 0 aromatic heterocycles. The number of hydrogen-bond acceptors (Lipinski definition) is 3. The number of ether oxygens (including phenoxy) is 1. The number of unbranched alkanes of at least 4 members (excludes halogenated alkanes) is 1. The molecule has 0 rings (SSSR count). The van der Waals surface area contributed by atoms with Crippen LogP contribution in [0.1, 0.15) is 12.8 Å². The Balaban J connectivity index is 2.94. The lowest BCUT2D eigenvalue weighted by Crippen LogP contribution is -1.95. The summed E-state index contributed by atoms with van der Waals surface area (Å²) in [5.41, 5.74) is -0.812. The molecular formula is C5H6ClNO2. The van der Waals surface area contributed by atoms with Crippen LogP contribution < -0.4 is 0 Å². The molecule has 0 aromatic carbocycles. The third-order valence-electron chi connectivity index (χ3n) is 0.648. The van der Waals surface area contributed by atoms with Crippen LogP contribution in [0.2, 0.25) is 0 Å². The Hall–Kier alpha value is -0.750. The van der Waals surface area contributed by atoms with E-state index in [4.69, 9.17) is 16.9 Å². The van der Waals surface area contributed by atoms with Gasteiger partial charge in [-0.25, -0.2) is 4.79 Å². The minimum absolute atomic E-state index is 0.232. The minimum atomic E-state index is -0.812. The van der Waals surface area contributed by atoms with E-state index in [1.807, 2.05) is 6.07 Å². The molecule has 0 spiro atoms. The number of nitriles is 1. The normalized spacial score (nSPS) is 8.00. The predicted molar refractivity (Wildman–Crippen MR) is 32.0 cm³/mol. The van der Waals surface area contributed by atoms with Crippen molar-refractivity contribution in [3.8, 4) is 6.07 Å². The lowest BCUT2D eigenvalue weighted by Gasteiger charge is -1.93. The maximum atomic E-state index is 9.87. The van der Waals surface area contributed by atoms with E-state index < -0.39 is 5.43 Å². The molecule has 4 heteroatoms. The van der Waals surface area contributed by atoms with Gasteiger partial charge in [-0.15, -0.1) is 0 Å². The van der Waals surface area contributed by atoms with Crippen LogP contribution in [0.15, 0.2) is 0 Å². The van der Waals surface area contributed by atoms with E-state index in [0.29, 0.717) is 12.8 Å². The molecule has 0 unspecified atom stereocenters. The Labute approximate surface area is 58.2 Å². The summed E-state index contributed by atoms with van der Waals surface area (Å²) in [6.45, 7) is 0.232. The summed E-state index contributed by atoms with van der Waals surface area (Å²) in [5.74, 6) is 0. The second kappa shape index (κ2) is 5.39. The highest BCUT2D eigenvalue weighted by Gasteiger charge is 1.92. The Kier molecular flexibility index (Phi) is 4.94. The van der Waals surface area contributed by atoms with Crippen LogP contribution in [-0.4, -0.2) is 12.0 Å². The Morgan fingerprint density at radius 2 is 2.44 bits per heavy atom. The van der Waals surface area contributed by atoms with Gasteiger partial charge >= 0.3 is 5.43 Å². The number of carbonyl (C=O) groups excluding carboxylic acids is 1. The first-order valence-corrected chi connectivity index (χ1v) is 2.84. The molecule has 0 saturated carbocycles. The number of hydrogen-bond donors (Lipinski definition) is 0. The summed E-state index contributed by atoms with van der Waals surface area (Å²) < 4.78 is 4.32. The predicted octanol–water partition coefficient (Wildman–Crippen LogP) is 1.67. The van der Waals surface area contributed by atoms with Gasteiger partial charge in [-0.1, -0.05) is 0 Å². The molecule has 0 aromatic rings. The van der Waals surface area contributed by atoms with Crippen LogP contribution in [0, 0.1) is 11.3 Å². The van der Waals surface area contributed by atoms with Crippen molar-refractivity contribution in [3.05, 3.63) is 0 Å². The number of nitrogens with zero attached hydrogens (tertiary/aromatic N) is 1. The number of rotatable bonds is 3. The van der Waals surface area contributed by atoms with Gasteiger partial charge in [-0.05, 0) is 6.42 Å². The van der Waals surface area contributed by atoms with Gasteiger partial charge in [0.2, 0.25) is 0 Å². The molecule has 0 heterocycles. The highest BCUT2D eigenvalue weighted by molar-refractivity contribution is 6.61. The zero-order valence-electron chi connectivity index (χ0n) is 4.76. The minimum Gasteiger partial charge on any atom is -0.454 e. The van der Waals surface area contributed by atoms with Crippen molar-refractivity contribution in [2.24, 2.45) is 0 Å². The molecule has 3 nitrogen and oxygen atoms in total. The molecule has 0 radical (unpaired) electrons. The molecule has 0 aliphatic heterocycles. The third kappa shape index (κ3) is 7.25. The zero-order valence-corrected chi connectivity index (χ0v) is 5.52. The SMILES string of the molecule is N#CCCCOC(=O)Cl. The molecule has 0 atom stereocenters. The second-order valence-corrected chi connectivity index (χ2v) is 1.66. The van der Waals surface area contributed by atoms with Gasteiger partial charge in [0.05, 0.1) is 12.7 Å². The third-order valence-corrected chi connectivity index (χ3v) is 0.758. The van der Waals surface area contributed by atoms with Crippen LogP contribution >= 0.6 is 11.6 Å². The molecule has 0 saturated heterocycles. The average molecular weight is 148 g/mol. The fraction of sp³-hybridized carbons (Fsp3) is 0.600. The average Bonchev–Trinajstić information content (AvgIpc) is 1.80. The highest BCUT2D eigenvalue weighted by Crippen LogP contribution is 1.91. The lowest BCUT2D eigenvalue weighted by molar-refractivity contribution is 0.172. The molecule has 0 N–H and O–H groups in total. The maximum Gasteiger partial charge on any atom is 0.403 e. The van der Waals surface area contributed by atoms with E-state index in [2.05, 4.69) is 4.74 Å². The van der Waals surface area contributed by atoms with Crippen molar-refractivity contribution >= 4 is 17.0 Å². The molecule has 0 fully saturated rings. The van der Waals surface area contributed by atoms with E-state index in [1.165, 1.54) is 0 Å². The second-order valence-electron chi connectivity index (χ2n) is 1.35. The monoisotopic (exact) mass is 147 g/mol.